The summed E-state index contributed by atoms with van der Waals surface area (Å²) in [5.41, 5.74) is 0.0413. The maximum Gasteiger partial charge on any atom is 0.416 e. The fourth-order valence-electron chi connectivity index (χ4n) is 2.77. The lowest BCUT2D eigenvalue weighted by atomic mass is 9.98. The molecular formula is C17H16F3NOS. The number of allylic oxidation sites excluding steroid dienone is 1. The number of hydrogen-bond acceptors (Lipinski definition) is 3. The van der Waals surface area contributed by atoms with Gasteiger partial charge in [-0.1, -0.05) is 36.9 Å². The number of alkyl halides is 3. The first-order valence-corrected chi connectivity index (χ1v) is 8.36. The predicted molar refractivity (Wildman–Crippen MR) is 85.5 cm³/mol. The molecule has 1 aromatic carbocycles. The molecule has 0 fully saturated rings. The van der Waals surface area contributed by atoms with Gasteiger partial charge in [-0.15, -0.1) is 0 Å². The average Bonchev–Trinajstić information content (AvgIpc) is 3.14. The van der Waals surface area contributed by atoms with Gasteiger partial charge in [0.15, 0.2) is 5.78 Å². The second-order valence-electron chi connectivity index (χ2n) is 5.50. The van der Waals surface area contributed by atoms with Crippen LogP contribution >= 0.6 is 11.8 Å². The summed E-state index contributed by atoms with van der Waals surface area (Å²) in [5, 5.41) is 0.554. The molecule has 0 aromatic heterocycles. The monoisotopic (exact) mass is 339 g/mol. The smallest absolute Gasteiger partial charge is 0.342 e. The van der Waals surface area contributed by atoms with Crippen molar-refractivity contribution in [1.82, 2.24) is 4.90 Å². The molecule has 0 spiro atoms. The van der Waals surface area contributed by atoms with Gasteiger partial charge < -0.3 is 4.90 Å². The Hall–Kier alpha value is -1.69. The van der Waals surface area contributed by atoms with Gasteiger partial charge in [0.2, 0.25) is 0 Å². The molecule has 2 aliphatic heterocycles. The standard InChI is InChI=1S/C17H16F3NOS/c1-2-13-15(22)14(16(23-13)21-8-3-4-9-21)11-6-5-7-12(10-11)17(18,19)20/h3,5-8,10,13H,2,4,9H2,1H3. The van der Waals surface area contributed by atoms with Crippen LogP contribution in [0.1, 0.15) is 30.9 Å². The van der Waals surface area contributed by atoms with E-state index in [9.17, 15) is 18.0 Å². The van der Waals surface area contributed by atoms with Crippen molar-refractivity contribution < 1.29 is 18.0 Å². The van der Waals surface area contributed by atoms with Crippen LogP contribution in [0.15, 0.2) is 41.6 Å². The van der Waals surface area contributed by atoms with Crippen LogP contribution in [0.5, 0.6) is 0 Å². The van der Waals surface area contributed by atoms with E-state index in [1.165, 1.54) is 17.8 Å². The number of carbonyl (C=O) groups excluding carboxylic acids is 1. The molecule has 6 heteroatoms. The molecule has 0 radical (unpaired) electrons. The summed E-state index contributed by atoms with van der Waals surface area (Å²) in [6.07, 6.45) is 1.03. The van der Waals surface area contributed by atoms with Gasteiger partial charge in [0.05, 0.1) is 21.4 Å². The summed E-state index contributed by atoms with van der Waals surface area (Å²) in [4.78, 5) is 14.6. The molecule has 2 heterocycles. The van der Waals surface area contributed by atoms with Gasteiger partial charge in [0.1, 0.15) is 0 Å². The topological polar surface area (TPSA) is 20.3 Å². The van der Waals surface area contributed by atoms with E-state index < -0.39 is 11.7 Å². The van der Waals surface area contributed by atoms with E-state index in [1.54, 1.807) is 6.07 Å². The van der Waals surface area contributed by atoms with E-state index in [1.807, 2.05) is 24.1 Å². The first-order valence-electron chi connectivity index (χ1n) is 7.48. The summed E-state index contributed by atoms with van der Waals surface area (Å²) in [6.45, 7) is 2.68. The lowest BCUT2D eigenvalue weighted by Gasteiger charge is -2.18. The van der Waals surface area contributed by atoms with Gasteiger partial charge in [-0.2, -0.15) is 13.2 Å². The lowest BCUT2D eigenvalue weighted by molar-refractivity contribution is -0.137. The molecule has 0 aliphatic carbocycles. The molecule has 3 rings (SSSR count). The van der Waals surface area contributed by atoms with Crippen molar-refractivity contribution in [2.45, 2.75) is 31.2 Å². The first-order chi connectivity index (χ1) is 10.9. The maximum atomic E-state index is 13.0. The lowest BCUT2D eigenvalue weighted by Crippen LogP contribution is -2.14. The van der Waals surface area contributed by atoms with Crippen LogP contribution in [-0.4, -0.2) is 22.5 Å². The van der Waals surface area contributed by atoms with Gasteiger partial charge in [-0.05, 0) is 30.5 Å². The first kappa shape index (κ1) is 16.2. The summed E-state index contributed by atoms with van der Waals surface area (Å²) >= 11 is 1.46. The van der Waals surface area contributed by atoms with E-state index in [2.05, 4.69) is 0 Å². The average molecular weight is 339 g/mol. The predicted octanol–water partition coefficient (Wildman–Crippen LogP) is 4.69. The molecule has 0 saturated carbocycles. The zero-order valence-corrected chi connectivity index (χ0v) is 13.4. The Morgan fingerprint density at radius 1 is 1.35 bits per heavy atom. The Bertz CT molecular complexity index is 693. The van der Waals surface area contributed by atoms with Crippen LogP contribution in [0.3, 0.4) is 0 Å². The Balaban J connectivity index is 2.08. The Morgan fingerprint density at radius 3 is 2.74 bits per heavy atom. The highest BCUT2D eigenvalue weighted by Gasteiger charge is 2.37. The van der Waals surface area contributed by atoms with E-state index in [-0.39, 0.29) is 11.0 Å². The number of benzene rings is 1. The van der Waals surface area contributed by atoms with Crippen molar-refractivity contribution >= 4 is 23.1 Å². The zero-order valence-electron chi connectivity index (χ0n) is 12.6. The summed E-state index contributed by atoms with van der Waals surface area (Å²) < 4.78 is 38.9. The third-order valence-corrected chi connectivity index (χ3v) is 5.43. The second-order valence-corrected chi connectivity index (χ2v) is 6.70. The molecular weight excluding hydrogens is 323 g/mol. The normalized spacial score (nSPS) is 21.7. The van der Waals surface area contributed by atoms with E-state index >= 15 is 0 Å². The van der Waals surface area contributed by atoms with Crippen LogP contribution in [0.25, 0.3) is 5.57 Å². The number of hydrogen-bond donors (Lipinski definition) is 0. The molecule has 122 valence electrons. The van der Waals surface area contributed by atoms with Gasteiger partial charge in [-0.3, -0.25) is 4.79 Å². The van der Waals surface area contributed by atoms with Crippen LogP contribution in [0, 0.1) is 0 Å². The highest BCUT2D eigenvalue weighted by Crippen LogP contribution is 2.44. The van der Waals surface area contributed by atoms with Crippen molar-refractivity contribution in [1.29, 1.82) is 0 Å². The minimum absolute atomic E-state index is 0.0767. The fraction of sp³-hybridized carbons (Fsp3) is 0.353. The summed E-state index contributed by atoms with van der Waals surface area (Å²) in [5.74, 6) is -0.0767. The van der Waals surface area contributed by atoms with Crippen LogP contribution in [0.2, 0.25) is 0 Å². The second kappa shape index (κ2) is 6.07. The van der Waals surface area contributed by atoms with Crippen molar-refractivity contribution in [2.75, 3.05) is 6.54 Å². The van der Waals surface area contributed by atoms with Gasteiger partial charge in [0, 0.05) is 12.7 Å². The molecule has 1 atom stereocenters. The van der Waals surface area contributed by atoms with Crippen molar-refractivity contribution in [2.24, 2.45) is 0 Å². The SMILES string of the molecule is CCC1SC(N2C=CCC2)=C(c2cccc(C(F)(F)F)c2)C1=O. The molecule has 1 unspecified atom stereocenters. The molecule has 1 aromatic rings. The van der Waals surface area contributed by atoms with Crippen molar-refractivity contribution in [3.05, 3.63) is 52.7 Å². The molecule has 2 nitrogen and oxygen atoms in total. The van der Waals surface area contributed by atoms with E-state index in [0.717, 1.165) is 30.1 Å². The zero-order chi connectivity index (χ0) is 16.6. The molecule has 0 N–H and O–H groups in total. The van der Waals surface area contributed by atoms with Gasteiger partial charge >= 0.3 is 6.18 Å². The molecule has 0 bridgehead atoms. The third kappa shape index (κ3) is 3.04. The number of nitrogens with zero attached hydrogens (tertiary/aromatic N) is 1. The summed E-state index contributed by atoms with van der Waals surface area (Å²) in [6, 6.07) is 5.05. The number of ketones is 1. The highest BCUT2D eigenvalue weighted by atomic mass is 32.2. The Kier molecular flexibility index (Phi) is 4.27. The Labute approximate surface area is 137 Å². The van der Waals surface area contributed by atoms with E-state index in [0.29, 0.717) is 17.6 Å². The van der Waals surface area contributed by atoms with Gasteiger partial charge in [-0.25, -0.2) is 0 Å². The molecule has 23 heavy (non-hydrogen) atoms. The number of carbonyl (C=O) groups is 1. The van der Waals surface area contributed by atoms with Crippen molar-refractivity contribution in [3.63, 3.8) is 0 Å². The number of rotatable bonds is 3. The number of thioether (sulfide) groups is 1. The largest absolute Gasteiger partial charge is 0.416 e. The fourth-order valence-corrected chi connectivity index (χ4v) is 4.05. The van der Waals surface area contributed by atoms with Crippen molar-refractivity contribution in [3.8, 4) is 0 Å². The van der Waals surface area contributed by atoms with Crippen LogP contribution < -0.4 is 0 Å². The van der Waals surface area contributed by atoms with Crippen LogP contribution in [0.4, 0.5) is 13.2 Å². The third-order valence-electron chi connectivity index (χ3n) is 3.94. The Morgan fingerprint density at radius 2 is 2.13 bits per heavy atom. The molecule has 0 amide bonds. The summed E-state index contributed by atoms with van der Waals surface area (Å²) in [7, 11) is 0. The molecule has 0 saturated heterocycles. The highest BCUT2D eigenvalue weighted by molar-refractivity contribution is 8.05. The minimum Gasteiger partial charge on any atom is -0.342 e. The number of halogens is 3. The quantitative estimate of drug-likeness (QED) is 0.797. The van der Waals surface area contributed by atoms with E-state index in [4.69, 9.17) is 0 Å². The number of Topliss-reactive ketones (excluding diaryl/α,β-unsaturated/α-hetero) is 1. The van der Waals surface area contributed by atoms with Gasteiger partial charge in [0.25, 0.3) is 0 Å². The molecule has 2 aliphatic rings. The maximum absolute atomic E-state index is 13.0. The van der Waals surface area contributed by atoms with Crippen LogP contribution in [-0.2, 0) is 11.0 Å². The minimum atomic E-state index is -4.41.